The quantitative estimate of drug-likeness (QED) is 0.817. The Bertz CT molecular complexity index is 563. The lowest BCUT2D eigenvalue weighted by atomic mass is 10.0. The zero-order valence-electron chi connectivity index (χ0n) is 12.4. The molecule has 5 heteroatoms. The van der Waals surface area contributed by atoms with E-state index in [1.165, 1.54) is 0 Å². The van der Waals surface area contributed by atoms with E-state index >= 15 is 0 Å². The van der Waals surface area contributed by atoms with Gasteiger partial charge in [0, 0.05) is 5.54 Å². The molecule has 0 fully saturated rings. The molecule has 3 N–H and O–H groups in total. The minimum Gasteiger partial charge on any atom is -0.397 e. The molecule has 1 aromatic carbocycles. The molecule has 19 heavy (non-hydrogen) atoms. The van der Waals surface area contributed by atoms with Crippen molar-refractivity contribution in [1.82, 2.24) is 4.72 Å². The largest absolute Gasteiger partial charge is 0.397 e. The monoisotopic (exact) mass is 284 g/mol. The van der Waals surface area contributed by atoms with Gasteiger partial charge in [-0.05, 0) is 45.2 Å². The average molecular weight is 284 g/mol. The van der Waals surface area contributed by atoms with Crippen molar-refractivity contribution in [3.63, 3.8) is 0 Å². The summed E-state index contributed by atoms with van der Waals surface area (Å²) in [6.45, 7) is 9.37. The van der Waals surface area contributed by atoms with E-state index in [-0.39, 0.29) is 4.90 Å². The van der Waals surface area contributed by atoms with Gasteiger partial charge in [-0.15, -0.1) is 0 Å². The van der Waals surface area contributed by atoms with Crippen LogP contribution < -0.4 is 10.5 Å². The Morgan fingerprint density at radius 2 is 1.74 bits per heavy atom. The Morgan fingerprint density at radius 1 is 1.21 bits per heavy atom. The number of aryl methyl sites for hydroxylation is 2. The second-order valence-corrected chi connectivity index (χ2v) is 7.30. The van der Waals surface area contributed by atoms with Gasteiger partial charge in [0.05, 0.1) is 5.69 Å². The van der Waals surface area contributed by atoms with E-state index in [4.69, 9.17) is 5.73 Å². The van der Waals surface area contributed by atoms with Crippen molar-refractivity contribution in [2.75, 3.05) is 5.73 Å². The summed E-state index contributed by atoms with van der Waals surface area (Å²) in [6.07, 6.45) is 1.69. The van der Waals surface area contributed by atoms with Crippen molar-refractivity contribution in [3.8, 4) is 0 Å². The molecule has 108 valence electrons. The minimum atomic E-state index is -3.60. The van der Waals surface area contributed by atoms with Crippen LogP contribution in [0.5, 0.6) is 0 Å². The van der Waals surface area contributed by atoms with Crippen LogP contribution >= 0.6 is 0 Å². The maximum atomic E-state index is 12.5. The lowest BCUT2D eigenvalue weighted by Gasteiger charge is -2.26. The molecule has 0 aliphatic heterocycles. The van der Waals surface area contributed by atoms with Crippen LogP contribution in [-0.4, -0.2) is 14.0 Å². The molecule has 0 heterocycles. The first-order chi connectivity index (χ1) is 8.60. The predicted octanol–water partition coefficient (Wildman–Crippen LogP) is 2.74. The number of hydrogen-bond acceptors (Lipinski definition) is 3. The standard InChI is InChI=1S/C14H24N2O2S/c1-6-9-14(4,5)16-19(17,18)13-11(3)8-7-10(2)12(13)15/h7-8,16H,6,9,15H2,1-5H3. The lowest BCUT2D eigenvalue weighted by Crippen LogP contribution is -2.43. The molecule has 0 amide bonds. The Kier molecular flexibility index (Phi) is 4.63. The van der Waals surface area contributed by atoms with E-state index < -0.39 is 15.6 Å². The summed E-state index contributed by atoms with van der Waals surface area (Å²) in [5, 5.41) is 0. The molecule has 0 spiro atoms. The van der Waals surface area contributed by atoms with Gasteiger partial charge in [-0.1, -0.05) is 25.5 Å². The van der Waals surface area contributed by atoms with Crippen molar-refractivity contribution >= 4 is 15.7 Å². The van der Waals surface area contributed by atoms with Gasteiger partial charge < -0.3 is 5.73 Å². The van der Waals surface area contributed by atoms with Crippen molar-refractivity contribution in [3.05, 3.63) is 23.3 Å². The van der Waals surface area contributed by atoms with Gasteiger partial charge in [0.2, 0.25) is 10.0 Å². The lowest BCUT2D eigenvalue weighted by molar-refractivity contribution is 0.417. The highest BCUT2D eigenvalue weighted by molar-refractivity contribution is 7.89. The minimum absolute atomic E-state index is 0.205. The third-order valence-corrected chi connectivity index (χ3v) is 5.07. The molecule has 0 bridgehead atoms. The summed E-state index contributed by atoms with van der Waals surface area (Å²) in [4.78, 5) is 0.205. The van der Waals surface area contributed by atoms with Crippen LogP contribution in [0.1, 0.15) is 44.7 Å². The summed E-state index contributed by atoms with van der Waals surface area (Å²) >= 11 is 0. The van der Waals surface area contributed by atoms with Gasteiger partial charge in [-0.3, -0.25) is 0 Å². The molecular weight excluding hydrogens is 260 g/mol. The number of nitrogens with two attached hydrogens (primary N) is 1. The van der Waals surface area contributed by atoms with Gasteiger partial charge >= 0.3 is 0 Å². The van der Waals surface area contributed by atoms with Crippen molar-refractivity contribution < 1.29 is 8.42 Å². The fourth-order valence-electron chi connectivity index (χ4n) is 2.25. The van der Waals surface area contributed by atoms with Crippen LogP contribution in [0.15, 0.2) is 17.0 Å². The predicted molar refractivity (Wildman–Crippen MR) is 79.6 cm³/mol. The number of nitrogens with one attached hydrogen (secondary N) is 1. The normalized spacial score (nSPS) is 12.7. The highest BCUT2D eigenvalue weighted by atomic mass is 32.2. The Balaban J connectivity index is 3.26. The molecule has 0 aliphatic carbocycles. The van der Waals surface area contributed by atoms with Gasteiger partial charge in [-0.25, -0.2) is 13.1 Å². The topological polar surface area (TPSA) is 72.2 Å². The third kappa shape index (κ3) is 3.70. The first kappa shape index (κ1) is 16.0. The molecule has 0 saturated carbocycles. The number of rotatable bonds is 5. The first-order valence-corrected chi connectivity index (χ1v) is 7.98. The fourth-order valence-corrected chi connectivity index (χ4v) is 4.13. The van der Waals surface area contributed by atoms with Crippen molar-refractivity contribution in [2.45, 2.75) is 57.9 Å². The first-order valence-electron chi connectivity index (χ1n) is 6.50. The highest BCUT2D eigenvalue weighted by Gasteiger charge is 2.28. The number of sulfonamides is 1. The SMILES string of the molecule is CCCC(C)(C)NS(=O)(=O)c1c(C)ccc(C)c1N. The van der Waals surface area contributed by atoms with E-state index in [9.17, 15) is 8.42 Å². The van der Waals surface area contributed by atoms with Crippen LogP contribution in [0.2, 0.25) is 0 Å². The smallest absolute Gasteiger partial charge is 0.243 e. The maximum absolute atomic E-state index is 12.5. The molecule has 0 radical (unpaired) electrons. The molecule has 0 aromatic heterocycles. The van der Waals surface area contributed by atoms with Gasteiger partial charge in [-0.2, -0.15) is 0 Å². The summed E-state index contributed by atoms with van der Waals surface area (Å²) in [7, 11) is -3.60. The van der Waals surface area contributed by atoms with E-state index in [2.05, 4.69) is 4.72 Å². The average Bonchev–Trinajstić information content (AvgIpc) is 2.21. The molecule has 1 rings (SSSR count). The Hall–Kier alpha value is -1.07. The summed E-state index contributed by atoms with van der Waals surface area (Å²) < 4.78 is 27.8. The van der Waals surface area contributed by atoms with Crippen LogP contribution in [0, 0.1) is 13.8 Å². The van der Waals surface area contributed by atoms with E-state index in [1.54, 1.807) is 13.0 Å². The zero-order chi connectivity index (χ0) is 14.8. The van der Waals surface area contributed by atoms with Crippen LogP contribution in [0.25, 0.3) is 0 Å². The number of hydrogen-bond donors (Lipinski definition) is 2. The van der Waals surface area contributed by atoms with Crippen LogP contribution in [-0.2, 0) is 10.0 Å². The van der Waals surface area contributed by atoms with Crippen molar-refractivity contribution in [2.24, 2.45) is 0 Å². The van der Waals surface area contributed by atoms with Crippen molar-refractivity contribution in [1.29, 1.82) is 0 Å². The van der Waals surface area contributed by atoms with E-state index in [0.29, 0.717) is 11.3 Å². The summed E-state index contributed by atoms with van der Waals surface area (Å²) in [5.74, 6) is 0. The molecule has 0 saturated heterocycles. The number of benzene rings is 1. The third-order valence-electron chi connectivity index (χ3n) is 3.17. The Labute approximate surface area is 116 Å². The Morgan fingerprint density at radius 3 is 2.26 bits per heavy atom. The van der Waals surface area contributed by atoms with Crippen LogP contribution in [0.4, 0.5) is 5.69 Å². The maximum Gasteiger partial charge on any atom is 0.243 e. The summed E-state index contributed by atoms with van der Waals surface area (Å²) in [5.41, 5.74) is 7.25. The summed E-state index contributed by atoms with van der Waals surface area (Å²) in [6, 6.07) is 3.62. The van der Waals surface area contributed by atoms with E-state index in [0.717, 1.165) is 18.4 Å². The fraction of sp³-hybridized carbons (Fsp3) is 0.571. The molecule has 0 aliphatic rings. The molecule has 0 unspecified atom stereocenters. The molecule has 1 aromatic rings. The van der Waals surface area contributed by atoms with Gasteiger partial charge in [0.15, 0.2) is 0 Å². The second-order valence-electron chi connectivity index (χ2n) is 5.68. The second kappa shape index (κ2) is 5.51. The van der Waals surface area contributed by atoms with Gasteiger partial charge in [0.25, 0.3) is 0 Å². The number of anilines is 1. The zero-order valence-corrected chi connectivity index (χ0v) is 13.2. The number of nitrogen functional groups attached to an aromatic ring is 1. The van der Waals surface area contributed by atoms with Gasteiger partial charge in [0.1, 0.15) is 4.90 Å². The van der Waals surface area contributed by atoms with Crippen LogP contribution in [0.3, 0.4) is 0 Å². The molecule has 0 atom stereocenters. The highest BCUT2D eigenvalue weighted by Crippen LogP contribution is 2.27. The molecule has 4 nitrogen and oxygen atoms in total. The van der Waals surface area contributed by atoms with E-state index in [1.807, 2.05) is 33.8 Å². The molecular formula is C14H24N2O2S.